The first-order valence-electron chi connectivity index (χ1n) is 6.26. The number of rotatable bonds is 7. The van der Waals surface area contributed by atoms with Crippen molar-refractivity contribution >= 4 is 17.7 Å². The van der Waals surface area contributed by atoms with E-state index in [-0.39, 0.29) is 17.9 Å². The fourth-order valence-corrected chi connectivity index (χ4v) is 2.89. The lowest BCUT2D eigenvalue weighted by molar-refractivity contribution is -0.118. The van der Waals surface area contributed by atoms with Crippen LogP contribution in [0.3, 0.4) is 0 Å². The van der Waals surface area contributed by atoms with Crippen LogP contribution in [-0.2, 0) is 4.79 Å². The highest BCUT2D eigenvalue weighted by Gasteiger charge is 2.25. The van der Waals surface area contributed by atoms with E-state index in [2.05, 4.69) is 12.2 Å². The summed E-state index contributed by atoms with van der Waals surface area (Å²) < 4.78 is 0. The number of thioether (sulfide) groups is 1. The van der Waals surface area contributed by atoms with Gasteiger partial charge < -0.3 is 10.4 Å². The molecule has 1 saturated carbocycles. The number of hydrogen-bond donors (Lipinski definition) is 2. The Morgan fingerprint density at radius 3 is 2.94 bits per heavy atom. The third kappa shape index (κ3) is 5.21. The Morgan fingerprint density at radius 1 is 1.50 bits per heavy atom. The molecule has 0 aliphatic heterocycles. The molecule has 1 aliphatic rings. The van der Waals surface area contributed by atoms with E-state index >= 15 is 0 Å². The molecule has 0 radical (unpaired) electrons. The van der Waals surface area contributed by atoms with Gasteiger partial charge in [0.05, 0.1) is 11.9 Å². The topological polar surface area (TPSA) is 49.3 Å². The fraction of sp³-hybridized carbons (Fsp3) is 0.917. The van der Waals surface area contributed by atoms with Crippen molar-refractivity contribution in [3.05, 3.63) is 0 Å². The summed E-state index contributed by atoms with van der Waals surface area (Å²) in [5.41, 5.74) is 0. The molecule has 0 bridgehead atoms. The summed E-state index contributed by atoms with van der Waals surface area (Å²) in [4.78, 5) is 11.5. The molecule has 4 heteroatoms. The van der Waals surface area contributed by atoms with Gasteiger partial charge in [-0.15, -0.1) is 0 Å². The van der Waals surface area contributed by atoms with E-state index in [1.165, 1.54) is 12.8 Å². The van der Waals surface area contributed by atoms with Crippen molar-refractivity contribution in [2.45, 2.75) is 45.1 Å². The molecular formula is C12H23NO2S. The minimum atomic E-state index is -0.201. The van der Waals surface area contributed by atoms with Gasteiger partial charge in [-0.1, -0.05) is 19.8 Å². The zero-order chi connectivity index (χ0) is 11.8. The summed E-state index contributed by atoms with van der Waals surface area (Å²) in [6.07, 6.45) is 5.19. The predicted octanol–water partition coefficient (Wildman–Crippen LogP) is 1.80. The highest BCUT2D eigenvalue weighted by atomic mass is 32.2. The molecule has 1 rings (SSSR count). The van der Waals surface area contributed by atoms with Crippen LogP contribution in [-0.4, -0.2) is 35.2 Å². The number of unbranched alkanes of at least 4 members (excludes halogenated alkanes) is 1. The molecule has 0 spiro atoms. The molecule has 0 aromatic heterocycles. The van der Waals surface area contributed by atoms with Gasteiger partial charge in [-0.05, 0) is 25.0 Å². The lowest BCUT2D eigenvalue weighted by atomic mass is 10.1. The standard InChI is InChI=1S/C12H23NO2S/c1-2-3-7-16-9-12(15)13-8-10-5-4-6-11(10)14/h10-11,14H,2-9H2,1H3,(H,13,15). The SMILES string of the molecule is CCCCSCC(=O)NCC1CCCC1O. The first kappa shape index (κ1) is 13.8. The van der Waals surface area contributed by atoms with Crippen LogP contribution >= 0.6 is 11.8 Å². The van der Waals surface area contributed by atoms with Crippen LogP contribution in [0.2, 0.25) is 0 Å². The van der Waals surface area contributed by atoms with Crippen LogP contribution in [0, 0.1) is 5.92 Å². The van der Waals surface area contributed by atoms with Crippen LogP contribution in [0.5, 0.6) is 0 Å². The molecule has 0 heterocycles. The number of aliphatic hydroxyl groups excluding tert-OH is 1. The van der Waals surface area contributed by atoms with Gasteiger partial charge in [-0.25, -0.2) is 0 Å². The van der Waals surface area contributed by atoms with E-state index in [0.717, 1.165) is 25.0 Å². The summed E-state index contributed by atoms with van der Waals surface area (Å²) in [6.45, 7) is 2.80. The highest BCUT2D eigenvalue weighted by Crippen LogP contribution is 2.24. The molecule has 0 aromatic carbocycles. The molecule has 94 valence electrons. The van der Waals surface area contributed by atoms with Crippen LogP contribution in [0.1, 0.15) is 39.0 Å². The van der Waals surface area contributed by atoms with Crippen LogP contribution < -0.4 is 5.32 Å². The predicted molar refractivity (Wildman–Crippen MR) is 68.6 cm³/mol. The van der Waals surface area contributed by atoms with Gasteiger partial charge in [0.15, 0.2) is 0 Å². The van der Waals surface area contributed by atoms with Gasteiger partial charge in [0.25, 0.3) is 0 Å². The Bertz CT molecular complexity index is 211. The second-order valence-corrected chi connectivity index (χ2v) is 5.57. The van der Waals surface area contributed by atoms with Gasteiger partial charge in [-0.3, -0.25) is 4.79 Å². The summed E-state index contributed by atoms with van der Waals surface area (Å²) >= 11 is 1.69. The van der Waals surface area contributed by atoms with E-state index in [1.54, 1.807) is 11.8 Å². The third-order valence-electron chi connectivity index (χ3n) is 3.06. The average Bonchev–Trinajstić information content (AvgIpc) is 2.67. The van der Waals surface area contributed by atoms with Crippen molar-refractivity contribution in [2.75, 3.05) is 18.1 Å². The number of carbonyl (C=O) groups excluding carboxylic acids is 1. The second-order valence-electron chi connectivity index (χ2n) is 4.47. The lowest BCUT2D eigenvalue weighted by Crippen LogP contribution is -2.33. The molecule has 0 saturated heterocycles. The van der Waals surface area contributed by atoms with Crippen molar-refractivity contribution < 1.29 is 9.90 Å². The quantitative estimate of drug-likeness (QED) is 0.672. The maximum atomic E-state index is 11.5. The first-order valence-corrected chi connectivity index (χ1v) is 7.42. The van der Waals surface area contributed by atoms with Gasteiger partial charge in [0, 0.05) is 12.5 Å². The number of hydrogen-bond acceptors (Lipinski definition) is 3. The smallest absolute Gasteiger partial charge is 0.230 e. The average molecular weight is 245 g/mol. The highest BCUT2D eigenvalue weighted by molar-refractivity contribution is 7.99. The molecule has 0 aromatic rings. The Labute approximate surface area is 102 Å². The molecule has 2 unspecified atom stereocenters. The summed E-state index contributed by atoms with van der Waals surface area (Å²) in [5.74, 6) is 2.02. The molecule has 3 nitrogen and oxygen atoms in total. The Morgan fingerprint density at radius 2 is 2.31 bits per heavy atom. The van der Waals surface area contributed by atoms with Crippen LogP contribution in [0.4, 0.5) is 0 Å². The fourth-order valence-electron chi connectivity index (χ4n) is 1.96. The summed E-state index contributed by atoms with van der Waals surface area (Å²) in [5, 5.41) is 12.5. The first-order chi connectivity index (χ1) is 7.74. The van der Waals surface area contributed by atoms with Crippen LogP contribution in [0.15, 0.2) is 0 Å². The molecule has 2 N–H and O–H groups in total. The van der Waals surface area contributed by atoms with Crippen molar-refractivity contribution in [3.8, 4) is 0 Å². The normalized spacial score (nSPS) is 24.6. The maximum absolute atomic E-state index is 11.5. The van der Waals surface area contributed by atoms with Crippen molar-refractivity contribution in [1.29, 1.82) is 0 Å². The van der Waals surface area contributed by atoms with Crippen molar-refractivity contribution in [2.24, 2.45) is 5.92 Å². The Hall–Kier alpha value is -0.220. The van der Waals surface area contributed by atoms with E-state index in [1.807, 2.05) is 0 Å². The minimum absolute atomic E-state index is 0.111. The zero-order valence-electron chi connectivity index (χ0n) is 10.1. The van der Waals surface area contributed by atoms with Gasteiger partial charge in [-0.2, -0.15) is 11.8 Å². The van der Waals surface area contributed by atoms with E-state index in [0.29, 0.717) is 12.3 Å². The number of carbonyl (C=O) groups is 1. The lowest BCUT2D eigenvalue weighted by Gasteiger charge is -2.14. The molecule has 2 atom stereocenters. The summed E-state index contributed by atoms with van der Waals surface area (Å²) in [6, 6.07) is 0. The molecular weight excluding hydrogens is 222 g/mol. The zero-order valence-corrected chi connectivity index (χ0v) is 10.9. The Balaban J connectivity index is 2.01. The van der Waals surface area contributed by atoms with E-state index in [4.69, 9.17) is 0 Å². The van der Waals surface area contributed by atoms with Gasteiger partial charge >= 0.3 is 0 Å². The monoisotopic (exact) mass is 245 g/mol. The van der Waals surface area contributed by atoms with Crippen LogP contribution in [0.25, 0.3) is 0 Å². The minimum Gasteiger partial charge on any atom is -0.393 e. The number of aliphatic hydroxyl groups is 1. The van der Waals surface area contributed by atoms with E-state index < -0.39 is 0 Å². The third-order valence-corrected chi connectivity index (χ3v) is 4.10. The molecule has 1 aliphatic carbocycles. The van der Waals surface area contributed by atoms with E-state index in [9.17, 15) is 9.90 Å². The van der Waals surface area contributed by atoms with Gasteiger partial charge in [0.1, 0.15) is 0 Å². The molecule has 1 fully saturated rings. The Kier molecular flexibility index (Phi) is 6.88. The van der Waals surface area contributed by atoms with Crippen molar-refractivity contribution in [3.63, 3.8) is 0 Å². The van der Waals surface area contributed by atoms with Crippen molar-refractivity contribution in [1.82, 2.24) is 5.32 Å². The summed E-state index contributed by atoms with van der Waals surface area (Å²) in [7, 11) is 0. The number of amides is 1. The van der Waals surface area contributed by atoms with Gasteiger partial charge in [0.2, 0.25) is 5.91 Å². The second kappa shape index (κ2) is 7.96. The largest absolute Gasteiger partial charge is 0.393 e. The number of nitrogens with one attached hydrogen (secondary N) is 1. The maximum Gasteiger partial charge on any atom is 0.230 e. The molecule has 1 amide bonds. The molecule has 16 heavy (non-hydrogen) atoms.